The number of nitro benzene ring substituents is 1. The zero-order chi connectivity index (χ0) is 23.8. The molecule has 0 heterocycles. The summed E-state index contributed by atoms with van der Waals surface area (Å²) in [5.74, 6) is 0. The van der Waals surface area contributed by atoms with Gasteiger partial charge in [-0.25, -0.2) is 0 Å². The molecule has 0 atom stereocenters. The molecule has 0 spiro atoms. The van der Waals surface area contributed by atoms with E-state index in [-0.39, 0.29) is 37.3 Å². The van der Waals surface area contributed by atoms with Gasteiger partial charge in [0.15, 0.2) is 0 Å². The number of nitrogens with two attached hydrogens (primary N) is 2. The van der Waals surface area contributed by atoms with E-state index < -0.39 is 4.92 Å². The van der Waals surface area contributed by atoms with E-state index in [4.69, 9.17) is 21.7 Å². The maximum atomic E-state index is 10.3. The van der Waals surface area contributed by atoms with Gasteiger partial charge in [0.25, 0.3) is 5.69 Å². The molecular weight excluding hydrogens is 554 g/mol. The molecule has 3 rings (SSSR count). The van der Waals surface area contributed by atoms with E-state index in [2.05, 4.69) is 22.0 Å². The van der Waals surface area contributed by atoms with E-state index in [9.17, 15) is 10.1 Å². The standard InChI is InChI=1S/C8H10BrN.C8H9NO3.C8H11NO.BrH.H2/c9-5-4-7-2-1-3-8(10)6-7;10-5-4-7-2-1-3-8(6-7)9(11)12;9-8-3-1-2-7(6-8)4-5-10;;/h1-3,6H,4-5,10H2;1-3,6,10H,4-5H2;1-3,6,10H,4-5,9H2;2*1H. The van der Waals surface area contributed by atoms with Gasteiger partial charge in [0.05, 0.1) is 4.92 Å². The van der Waals surface area contributed by atoms with Crippen LogP contribution in [0.25, 0.3) is 0 Å². The molecule has 7 nitrogen and oxygen atoms in total. The molecule has 0 aliphatic carbocycles. The second-order valence-corrected chi connectivity index (χ2v) is 7.60. The Morgan fingerprint density at radius 3 is 1.61 bits per heavy atom. The van der Waals surface area contributed by atoms with Crippen LogP contribution in [0.4, 0.5) is 17.1 Å². The number of aliphatic hydroxyl groups is 2. The first-order valence-corrected chi connectivity index (χ1v) is 11.2. The number of non-ortho nitro benzene ring substituents is 1. The first-order valence-electron chi connectivity index (χ1n) is 10.1. The van der Waals surface area contributed by atoms with Gasteiger partial charge in [-0.15, -0.1) is 17.0 Å². The highest BCUT2D eigenvalue weighted by Gasteiger charge is 2.04. The van der Waals surface area contributed by atoms with Gasteiger partial charge in [0.2, 0.25) is 0 Å². The van der Waals surface area contributed by atoms with Gasteiger partial charge < -0.3 is 21.7 Å². The Kier molecular flexibility index (Phi) is 16.7. The van der Waals surface area contributed by atoms with Crippen LogP contribution in [0.15, 0.2) is 72.8 Å². The second-order valence-electron chi connectivity index (χ2n) is 6.80. The average molecular weight is 587 g/mol. The zero-order valence-electron chi connectivity index (χ0n) is 18.3. The Hall–Kier alpha value is -2.46. The molecule has 0 fully saturated rings. The summed E-state index contributed by atoms with van der Waals surface area (Å²) < 4.78 is 0. The number of aliphatic hydroxyl groups excluding tert-OH is 2. The van der Waals surface area contributed by atoms with Crippen LogP contribution >= 0.6 is 32.9 Å². The smallest absolute Gasteiger partial charge is 0.269 e. The SMILES string of the molecule is Br.Nc1cccc(CCBr)c1.Nc1cccc(CCO)c1.O=[N+]([O-])c1cccc(CCO)c1.[HH]. The Morgan fingerprint density at radius 2 is 1.21 bits per heavy atom. The van der Waals surface area contributed by atoms with E-state index in [0.29, 0.717) is 12.8 Å². The third-order valence-electron chi connectivity index (χ3n) is 4.21. The Bertz CT molecular complexity index is 917. The van der Waals surface area contributed by atoms with E-state index in [0.717, 1.165) is 34.3 Å². The van der Waals surface area contributed by atoms with Gasteiger partial charge in [-0.2, -0.15) is 0 Å². The third-order valence-corrected chi connectivity index (χ3v) is 4.60. The largest absolute Gasteiger partial charge is 0.399 e. The molecule has 0 unspecified atom stereocenters. The molecule has 0 saturated heterocycles. The molecule has 0 saturated carbocycles. The van der Waals surface area contributed by atoms with Crippen LogP contribution in [0.3, 0.4) is 0 Å². The van der Waals surface area contributed by atoms with Crippen molar-refractivity contribution in [3.05, 3.63) is 99.6 Å². The van der Waals surface area contributed by atoms with Crippen LogP contribution in [0, 0.1) is 10.1 Å². The van der Waals surface area contributed by atoms with Crippen LogP contribution in [-0.4, -0.2) is 33.7 Å². The molecule has 6 N–H and O–H groups in total. The minimum Gasteiger partial charge on any atom is -0.399 e. The molecule has 0 aliphatic rings. The van der Waals surface area contributed by atoms with E-state index in [1.54, 1.807) is 12.1 Å². The van der Waals surface area contributed by atoms with Crippen molar-refractivity contribution in [1.82, 2.24) is 0 Å². The first-order chi connectivity index (χ1) is 15.4. The number of alkyl halides is 1. The molecule has 33 heavy (non-hydrogen) atoms. The Labute approximate surface area is 215 Å². The highest BCUT2D eigenvalue weighted by molar-refractivity contribution is 9.09. The van der Waals surface area contributed by atoms with Crippen molar-refractivity contribution in [2.75, 3.05) is 30.0 Å². The highest BCUT2D eigenvalue weighted by Crippen LogP contribution is 2.13. The Morgan fingerprint density at radius 1 is 0.788 bits per heavy atom. The van der Waals surface area contributed by atoms with Crippen molar-refractivity contribution >= 4 is 50.0 Å². The molecular formula is C24H33Br2N3O4. The number of nitro groups is 1. The molecule has 3 aromatic carbocycles. The maximum Gasteiger partial charge on any atom is 0.269 e. The predicted octanol–water partition coefficient (Wildman–Crippen LogP) is 4.96. The van der Waals surface area contributed by atoms with Crippen LogP contribution < -0.4 is 11.5 Å². The van der Waals surface area contributed by atoms with Crippen molar-refractivity contribution < 1.29 is 16.6 Å². The van der Waals surface area contributed by atoms with Gasteiger partial charge in [-0.3, -0.25) is 10.1 Å². The number of rotatable bonds is 7. The molecule has 0 aromatic heterocycles. The van der Waals surface area contributed by atoms with Crippen molar-refractivity contribution in [2.45, 2.75) is 19.3 Å². The molecule has 9 heteroatoms. The average Bonchev–Trinajstić information content (AvgIpc) is 2.76. The lowest BCUT2D eigenvalue weighted by atomic mass is 10.1. The lowest BCUT2D eigenvalue weighted by Gasteiger charge is -1.97. The summed E-state index contributed by atoms with van der Waals surface area (Å²) in [6, 6.07) is 21.8. The first kappa shape index (κ1) is 30.5. The zero-order valence-corrected chi connectivity index (χ0v) is 21.6. The van der Waals surface area contributed by atoms with Crippen LogP contribution in [0.2, 0.25) is 0 Å². The summed E-state index contributed by atoms with van der Waals surface area (Å²) in [4.78, 5) is 9.86. The van der Waals surface area contributed by atoms with E-state index in [1.165, 1.54) is 17.7 Å². The highest BCUT2D eigenvalue weighted by atomic mass is 79.9. The lowest BCUT2D eigenvalue weighted by Crippen LogP contribution is -1.93. The van der Waals surface area contributed by atoms with Gasteiger partial charge in [0.1, 0.15) is 0 Å². The van der Waals surface area contributed by atoms with Gasteiger partial charge in [-0.05, 0) is 60.2 Å². The number of hydrogen-bond acceptors (Lipinski definition) is 6. The number of benzene rings is 3. The van der Waals surface area contributed by atoms with E-state index >= 15 is 0 Å². The van der Waals surface area contributed by atoms with Crippen molar-refractivity contribution in [2.24, 2.45) is 0 Å². The third kappa shape index (κ3) is 13.6. The number of nitrogen functional groups attached to an aromatic ring is 2. The predicted molar refractivity (Wildman–Crippen MR) is 146 cm³/mol. The molecule has 182 valence electrons. The summed E-state index contributed by atoms with van der Waals surface area (Å²) >= 11 is 3.37. The van der Waals surface area contributed by atoms with Gasteiger partial charge in [0, 0.05) is 43.5 Å². The van der Waals surface area contributed by atoms with Crippen molar-refractivity contribution in [3.63, 3.8) is 0 Å². The monoisotopic (exact) mass is 585 g/mol. The second kappa shape index (κ2) is 18.0. The maximum absolute atomic E-state index is 10.3. The number of nitrogens with zero attached hydrogens (tertiary/aromatic N) is 1. The minimum atomic E-state index is -0.444. The van der Waals surface area contributed by atoms with Crippen molar-refractivity contribution in [3.8, 4) is 0 Å². The van der Waals surface area contributed by atoms with Gasteiger partial charge >= 0.3 is 0 Å². The van der Waals surface area contributed by atoms with Crippen LogP contribution in [-0.2, 0) is 19.3 Å². The summed E-state index contributed by atoms with van der Waals surface area (Å²) in [7, 11) is 0. The topological polar surface area (TPSA) is 136 Å². The van der Waals surface area contributed by atoms with Gasteiger partial charge in [-0.1, -0.05) is 52.3 Å². The van der Waals surface area contributed by atoms with Crippen LogP contribution in [0.5, 0.6) is 0 Å². The summed E-state index contributed by atoms with van der Waals surface area (Å²) in [6.07, 6.45) is 2.19. The molecule has 0 radical (unpaired) electrons. The Balaban J connectivity index is 0. The number of halogens is 2. The molecule has 3 aromatic rings. The fourth-order valence-corrected chi connectivity index (χ4v) is 3.15. The minimum absolute atomic E-state index is 0. The lowest BCUT2D eigenvalue weighted by molar-refractivity contribution is -0.384. The van der Waals surface area contributed by atoms with Crippen LogP contribution in [0.1, 0.15) is 18.1 Å². The summed E-state index contributed by atoms with van der Waals surface area (Å²) in [6.45, 7) is 0.199. The van der Waals surface area contributed by atoms with Crippen molar-refractivity contribution in [1.29, 1.82) is 0 Å². The number of aryl methyl sites for hydroxylation is 1. The normalized spacial score (nSPS) is 9.42. The number of anilines is 2. The summed E-state index contributed by atoms with van der Waals surface area (Å²) in [5.41, 5.74) is 15.9. The fourth-order valence-electron chi connectivity index (χ4n) is 2.69. The molecule has 0 aliphatic heterocycles. The number of hydrogen-bond donors (Lipinski definition) is 4. The fraction of sp³-hybridized carbons (Fsp3) is 0.250. The van der Waals surface area contributed by atoms with E-state index in [1.807, 2.05) is 42.5 Å². The molecule has 0 amide bonds. The quantitative estimate of drug-likeness (QED) is 0.134. The summed E-state index contributed by atoms with van der Waals surface area (Å²) in [5, 5.41) is 28.4. The molecule has 0 bridgehead atoms.